The first-order chi connectivity index (χ1) is 11.1. The lowest BCUT2D eigenvalue weighted by molar-refractivity contribution is -0.143. The molecule has 0 unspecified atom stereocenters. The predicted molar refractivity (Wildman–Crippen MR) is 71.9 cm³/mol. The normalized spacial score (nSPS) is 12.1. The summed E-state index contributed by atoms with van der Waals surface area (Å²) >= 11 is 0. The fourth-order valence-electron chi connectivity index (χ4n) is 1.86. The smallest absolute Gasteiger partial charge is 0.346 e. The largest absolute Gasteiger partial charge is 0.416 e. The monoisotopic (exact) mass is 348 g/mol. The molecule has 1 aromatic heterocycles. The highest BCUT2D eigenvalue weighted by Gasteiger charge is 2.37. The number of nitrogens with one attached hydrogen (secondary N) is 1. The number of amides is 1. The Kier molecular flexibility index (Phi) is 4.81. The predicted octanol–water partition coefficient (Wildman–Crippen LogP) is 4.05. The second-order valence-corrected chi connectivity index (χ2v) is 4.80. The Morgan fingerprint density at radius 2 is 1.54 bits per heavy atom. The second-order valence-electron chi connectivity index (χ2n) is 4.80. The molecule has 24 heavy (non-hydrogen) atoms. The maximum Gasteiger partial charge on any atom is 0.416 e. The molecular formula is C15H10F6N2O. The van der Waals surface area contributed by atoms with E-state index in [2.05, 4.69) is 10.3 Å². The van der Waals surface area contributed by atoms with Crippen LogP contribution in [0, 0.1) is 0 Å². The molecule has 3 nitrogen and oxygen atoms in total. The average Bonchev–Trinajstić information content (AvgIpc) is 2.51. The summed E-state index contributed by atoms with van der Waals surface area (Å²) in [4.78, 5) is 15.8. The minimum Gasteiger partial charge on any atom is -0.346 e. The maximum absolute atomic E-state index is 12.7. The number of alkyl halides is 6. The quantitative estimate of drug-likeness (QED) is 0.851. The Morgan fingerprint density at radius 1 is 0.958 bits per heavy atom. The van der Waals surface area contributed by atoms with Crippen LogP contribution in [-0.2, 0) is 18.9 Å². The molecule has 0 fully saturated rings. The van der Waals surface area contributed by atoms with Gasteiger partial charge in [0.15, 0.2) is 0 Å². The molecule has 2 rings (SSSR count). The van der Waals surface area contributed by atoms with Crippen molar-refractivity contribution < 1.29 is 31.1 Å². The van der Waals surface area contributed by atoms with Crippen LogP contribution in [0.1, 0.15) is 27.2 Å². The van der Waals surface area contributed by atoms with Crippen molar-refractivity contribution in [3.05, 3.63) is 65.0 Å². The third-order valence-electron chi connectivity index (χ3n) is 3.01. The van der Waals surface area contributed by atoms with E-state index in [9.17, 15) is 31.1 Å². The SMILES string of the molecule is O=C(NCc1ccccn1)c1cc(C(F)(F)F)cc(C(F)(F)F)c1. The summed E-state index contributed by atoms with van der Waals surface area (Å²) in [6, 6.07) is 5.52. The van der Waals surface area contributed by atoms with E-state index in [1.54, 1.807) is 18.2 Å². The van der Waals surface area contributed by atoms with Crippen molar-refractivity contribution in [1.82, 2.24) is 10.3 Å². The summed E-state index contributed by atoms with van der Waals surface area (Å²) in [5, 5.41) is 2.24. The average molecular weight is 348 g/mol. The van der Waals surface area contributed by atoms with Crippen molar-refractivity contribution in [2.24, 2.45) is 0 Å². The van der Waals surface area contributed by atoms with E-state index in [4.69, 9.17) is 0 Å². The van der Waals surface area contributed by atoms with Gasteiger partial charge in [-0.05, 0) is 30.3 Å². The van der Waals surface area contributed by atoms with Gasteiger partial charge in [-0.15, -0.1) is 0 Å². The van der Waals surface area contributed by atoms with Crippen LogP contribution in [0.3, 0.4) is 0 Å². The molecule has 0 aliphatic rings. The number of nitrogens with zero attached hydrogens (tertiary/aromatic N) is 1. The van der Waals surface area contributed by atoms with Crippen LogP contribution < -0.4 is 5.32 Å². The van der Waals surface area contributed by atoms with Gasteiger partial charge < -0.3 is 5.32 Å². The molecule has 0 spiro atoms. The fraction of sp³-hybridized carbons (Fsp3) is 0.200. The van der Waals surface area contributed by atoms with Gasteiger partial charge in [0.1, 0.15) is 0 Å². The summed E-state index contributed by atoms with van der Waals surface area (Å²) in [6.45, 7) is -0.128. The number of rotatable bonds is 3. The highest BCUT2D eigenvalue weighted by molar-refractivity contribution is 5.94. The highest BCUT2D eigenvalue weighted by atomic mass is 19.4. The molecule has 1 N–H and O–H groups in total. The minimum absolute atomic E-state index is 0.0322. The molecule has 9 heteroatoms. The van der Waals surface area contributed by atoms with Gasteiger partial charge in [-0.25, -0.2) is 0 Å². The first kappa shape index (κ1) is 17.8. The number of carbonyl (C=O) groups excluding carboxylic acids is 1. The van der Waals surface area contributed by atoms with Crippen molar-refractivity contribution in [1.29, 1.82) is 0 Å². The number of carbonyl (C=O) groups is 1. The number of hydrogen-bond acceptors (Lipinski definition) is 2. The molecule has 2 aromatic rings. The number of aromatic nitrogens is 1. The lowest BCUT2D eigenvalue weighted by Gasteiger charge is -2.14. The van der Waals surface area contributed by atoms with Gasteiger partial charge >= 0.3 is 12.4 Å². The van der Waals surface area contributed by atoms with Crippen molar-refractivity contribution in [3.63, 3.8) is 0 Å². The van der Waals surface area contributed by atoms with Crippen LogP contribution in [0.4, 0.5) is 26.3 Å². The molecule has 0 atom stereocenters. The molecule has 0 radical (unpaired) electrons. The van der Waals surface area contributed by atoms with Gasteiger partial charge in [-0.2, -0.15) is 26.3 Å². The molecule has 1 aromatic carbocycles. The van der Waals surface area contributed by atoms with Gasteiger partial charge in [0.2, 0.25) is 0 Å². The first-order valence-electron chi connectivity index (χ1n) is 6.55. The summed E-state index contributed by atoms with van der Waals surface area (Å²) < 4.78 is 76.4. The molecule has 0 aliphatic heterocycles. The summed E-state index contributed by atoms with van der Waals surface area (Å²) in [6.07, 6.45) is -8.57. The zero-order valence-electron chi connectivity index (χ0n) is 11.9. The standard InChI is InChI=1S/C15H10F6N2O/c16-14(17,18)10-5-9(6-11(7-10)15(19,20)21)13(24)23-8-12-3-1-2-4-22-12/h1-7H,8H2,(H,23,24). The van der Waals surface area contributed by atoms with E-state index in [0.29, 0.717) is 17.8 Å². The molecule has 1 amide bonds. The van der Waals surface area contributed by atoms with Crippen LogP contribution in [0.2, 0.25) is 0 Å². The third kappa shape index (κ3) is 4.46. The minimum atomic E-state index is -5.00. The Bertz CT molecular complexity index is 693. The number of hydrogen-bond donors (Lipinski definition) is 1. The molecule has 0 bridgehead atoms. The lowest BCUT2D eigenvalue weighted by Crippen LogP contribution is -2.24. The van der Waals surface area contributed by atoms with Gasteiger partial charge in [-0.1, -0.05) is 6.07 Å². The van der Waals surface area contributed by atoms with E-state index in [-0.39, 0.29) is 12.6 Å². The summed E-state index contributed by atoms with van der Waals surface area (Å²) in [5.41, 5.74) is -3.40. The number of halogens is 6. The summed E-state index contributed by atoms with van der Waals surface area (Å²) in [5.74, 6) is -1.06. The van der Waals surface area contributed by atoms with Gasteiger partial charge in [0.05, 0.1) is 23.4 Å². The topological polar surface area (TPSA) is 42.0 Å². The van der Waals surface area contributed by atoms with Gasteiger partial charge in [-0.3, -0.25) is 9.78 Å². The Balaban J connectivity index is 2.29. The van der Waals surface area contributed by atoms with Gasteiger partial charge in [0, 0.05) is 11.8 Å². The van der Waals surface area contributed by atoms with E-state index in [0.717, 1.165) is 0 Å². The molecule has 0 saturated heterocycles. The van der Waals surface area contributed by atoms with Crippen molar-refractivity contribution in [2.45, 2.75) is 18.9 Å². The van der Waals surface area contributed by atoms with E-state index in [1.807, 2.05) is 0 Å². The summed E-state index contributed by atoms with van der Waals surface area (Å²) in [7, 11) is 0. The van der Waals surface area contributed by atoms with Crippen LogP contribution in [0.5, 0.6) is 0 Å². The first-order valence-corrected chi connectivity index (χ1v) is 6.55. The fourth-order valence-corrected chi connectivity index (χ4v) is 1.86. The lowest BCUT2D eigenvalue weighted by atomic mass is 10.0. The molecule has 128 valence electrons. The second kappa shape index (κ2) is 6.50. The van der Waals surface area contributed by atoms with Crippen LogP contribution in [0.15, 0.2) is 42.6 Å². The number of benzene rings is 1. The van der Waals surface area contributed by atoms with E-state index in [1.165, 1.54) is 6.20 Å². The number of pyridine rings is 1. The zero-order valence-corrected chi connectivity index (χ0v) is 11.9. The molecule has 0 saturated carbocycles. The Labute approximate surface area is 132 Å². The van der Waals surface area contributed by atoms with Gasteiger partial charge in [0.25, 0.3) is 5.91 Å². The van der Waals surface area contributed by atoms with Crippen molar-refractivity contribution in [2.75, 3.05) is 0 Å². The molecular weight excluding hydrogens is 338 g/mol. The highest BCUT2D eigenvalue weighted by Crippen LogP contribution is 2.36. The Morgan fingerprint density at radius 3 is 2.00 bits per heavy atom. The van der Waals surface area contributed by atoms with E-state index >= 15 is 0 Å². The van der Waals surface area contributed by atoms with Crippen molar-refractivity contribution >= 4 is 5.91 Å². The molecule has 0 aliphatic carbocycles. The third-order valence-corrected chi connectivity index (χ3v) is 3.01. The Hall–Kier alpha value is -2.58. The van der Waals surface area contributed by atoms with Crippen LogP contribution >= 0.6 is 0 Å². The van der Waals surface area contributed by atoms with Crippen molar-refractivity contribution in [3.8, 4) is 0 Å². The van der Waals surface area contributed by atoms with Crippen LogP contribution in [0.25, 0.3) is 0 Å². The zero-order chi connectivity index (χ0) is 18.0. The van der Waals surface area contributed by atoms with Crippen LogP contribution in [-0.4, -0.2) is 10.9 Å². The van der Waals surface area contributed by atoms with E-state index < -0.39 is 35.0 Å². The molecule has 1 heterocycles. The maximum atomic E-state index is 12.7.